The summed E-state index contributed by atoms with van der Waals surface area (Å²) in [4.78, 5) is 0. The Morgan fingerprint density at radius 2 is 1.93 bits per heavy atom. The zero-order valence-corrected chi connectivity index (χ0v) is 13.6. The number of rotatable bonds is 2. The molecule has 5 heteroatoms. The van der Waals surface area contributed by atoms with Crippen molar-refractivity contribution >= 4 is 67.8 Å². The molecule has 1 aromatic rings. The summed E-state index contributed by atoms with van der Waals surface area (Å²) in [7, 11) is 0. The van der Waals surface area contributed by atoms with Crippen molar-refractivity contribution in [1.82, 2.24) is 0 Å². The molecule has 0 saturated heterocycles. The van der Waals surface area contributed by atoms with Gasteiger partial charge in [-0.3, -0.25) is 0 Å². The minimum atomic E-state index is -0.225. The lowest BCUT2D eigenvalue weighted by atomic mass is 10.1. The van der Waals surface area contributed by atoms with E-state index >= 15 is 0 Å². The Hall–Kier alpha value is 0.910. The number of phenolic OH excluding ortho intramolecular Hbond substituents is 1. The molecule has 1 atom stereocenters. The fraction of sp³-hybridized carbons (Fsp3) is 0.111. The molecule has 3 N–H and O–H groups in total. The van der Waals surface area contributed by atoms with Gasteiger partial charge in [-0.15, -0.1) is 6.58 Å². The fourth-order valence-corrected chi connectivity index (χ4v) is 5.11. The third-order valence-corrected chi connectivity index (χ3v) is 4.58. The minimum Gasteiger partial charge on any atom is -0.506 e. The van der Waals surface area contributed by atoms with Crippen molar-refractivity contribution in [3.05, 3.63) is 35.0 Å². The van der Waals surface area contributed by atoms with Gasteiger partial charge in [0.15, 0.2) is 0 Å². The summed E-state index contributed by atoms with van der Waals surface area (Å²) < 4.78 is 2.71. The van der Waals surface area contributed by atoms with Crippen LogP contribution in [0.4, 0.5) is 0 Å². The molecule has 0 unspecified atom stereocenters. The molecule has 0 radical (unpaired) electrons. The van der Waals surface area contributed by atoms with Crippen LogP contribution in [0.25, 0.3) is 0 Å². The number of aromatic hydroxyl groups is 1. The minimum absolute atomic E-state index is 0.225. The van der Waals surface area contributed by atoms with Gasteiger partial charge in [0.25, 0.3) is 0 Å². The Balaban J connectivity index is 3.43. The van der Waals surface area contributed by atoms with Gasteiger partial charge in [0.05, 0.1) is 13.2 Å². The van der Waals surface area contributed by atoms with Gasteiger partial charge in [0, 0.05) is 9.13 Å². The summed E-state index contributed by atoms with van der Waals surface area (Å²) in [5.41, 5.74) is 6.82. The third kappa shape index (κ3) is 2.53. The van der Waals surface area contributed by atoms with Crippen LogP contribution in [-0.4, -0.2) is 5.11 Å². The van der Waals surface area contributed by atoms with Gasteiger partial charge >= 0.3 is 0 Å². The van der Waals surface area contributed by atoms with Crippen LogP contribution in [0.2, 0.25) is 0 Å². The summed E-state index contributed by atoms with van der Waals surface area (Å²) in [6.45, 7) is 3.66. The van der Waals surface area contributed by atoms with E-state index in [9.17, 15) is 5.11 Å². The lowest BCUT2D eigenvalue weighted by molar-refractivity contribution is 0.466. The van der Waals surface area contributed by atoms with Crippen LogP contribution in [0.5, 0.6) is 5.75 Å². The van der Waals surface area contributed by atoms with Crippen LogP contribution in [0.15, 0.2) is 18.7 Å². The molecule has 0 bridgehead atoms. The van der Waals surface area contributed by atoms with Gasteiger partial charge in [-0.1, -0.05) is 6.08 Å². The third-order valence-electron chi connectivity index (χ3n) is 1.77. The quantitative estimate of drug-likeness (QED) is 0.458. The summed E-state index contributed by atoms with van der Waals surface area (Å²) in [6, 6.07) is 1.69. The van der Waals surface area contributed by atoms with Gasteiger partial charge in [0.2, 0.25) is 0 Å². The first kappa shape index (κ1) is 13.0. The van der Waals surface area contributed by atoms with Gasteiger partial charge in [-0.25, -0.2) is 0 Å². The van der Waals surface area contributed by atoms with E-state index in [2.05, 4.69) is 74.4 Å². The topological polar surface area (TPSA) is 46.2 Å². The maximum atomic E-state index is 9.75. The first-order chi connectivity index (χ1) is 6.49. The predicted molar refractivity (Wildman–Crippen MR) is 83.4 cm³/mol. The Labute approximate surface area is 124 Å². The van der Waals surface area contributed by atoms with Crippen LogP contribution >= 0.6 is 67.8 Å². The highest BCUT2D eigenvalue weighted by Gasteiger charge is 2.16. The van der Waals surface area contributed by atoms with Gasteiger partial charge in [0.1, 0.15) is 5.75 Å². The fourth-order valence-electron chi connectivity index (χ4n) is 1.02. The molecule has 76 valence electrons. The van der Waals surface area contributed by atoms with Crippen molar-refractivity contribution < 1.29 is 5.11 Å². The second-order valence-electron chi connectivity index (χ2n) is 2.68. The number of hydrogen-bond donors (Lipinski definition) is 2. The summed E-state index contributed by atoms with van der Waals surface area (Å²) in [5.74, 6) is 0.305. The molecule has 0 aliphatic heterocycles. The lowest BCUT2D eigenvalue weighted by Gasteiger charge is -2.14. The molecule has 0 spiro atoms. The number of nitrogens with two attached hydrogens (primary N) is 1. The van der Waals surface area contributed by atoms with E-state index in [-0.39, 0.29) is 6.04 Å². The standard InChI is InChI=1S/C9H8I3NO/c1-2-6(13)7-4(10)3-5(11)9(14)8(7)12/h2-3,6,14H,1,13H2/t6-/m1/s1. The molecule has 1 rings (SSSR count). The highest BCUT2D eigenvalue weighted by atomic mass is 127. The van der Waals surface area contributed by atoms with E-state index in [1.807, 2.05) is 6.07 Å². The summed E-state index contributed by atoms with van der Waals surface area (Å²) >= 11 is 6.43. The zero-order chi connectivity index (χ0) is 10.9. The number of halogens is 3. The van der Waals surface area contributed by atoms with Crippen LogP contribution in [0, 0.1) is 10.7 Å². The van der Waals surface area contributed by atoms with E-state index in [1.54, 1.807) is 6.08 Å². The van der Waals surface area contributed by atoms with Gasteiger partial charge in [-0.05, 0) is 73.8 Å². The SMILES string of the molecule is C=C[C@@H](N)c1c(I)cc(I)c(O)c1I. The summed E-state index contributed by atoms with van der Waals surface area (Å²) in [6.07, 6.45) is 1.67. The van der Waals surface area contributed by atoms with Crippen molar-refractivity contribution in [3.8, 4) is 5.75 Å². The molecule has 0 heterocycles. The Kier molecular flexibility index (Phi) is 4.91. The van der Waals surface area contributed by atoms with E-state index < -0.39 is 0 Å². The Morgan fingerprint density at radius 1 is 1.36 bits per heavy atom. The maximum Gasteiger partial charge on any atom is 0.142 e. The van der Waals surface area contributed by atoms with E-state index in [0.717, 1.165) is 16.3 Å². The maximum absolute atomic E-state index is 9.75. The van der Waals surface area contributed by atoms with Crippen LogP contribution in [0.3, 0.4) is 0 Å². The molecule has 1 aromatic carbocycles. The molecule has 0 fully saturated rings. The van der Waals surface area contributed by atoms with Crippen LogP contribution in [-0.2, 0) is 0 Å². The molecule has 0 aliphatic rings. The monoisotopic (exact) mass is 527 g/mol. The van der Waals surface area contributed by atoms with E-state index in [4.69, 9.17) is 5.73 Å². The molecular formula is C9H8I3NO. The van der Waals surface area contributed by atoms with Crippen molar-refractivity contribution in [3.63, 3.8) is 0 Å². The van der Waals surface area contributed by atoms with Crippen molar-refractivity contribution in [2.75, 3.05) is 0 Å². The highest BCUT2D eigenvalue weighted by molar-refractivity contribution is 14.1. The zero-order valence-electron chi connectivity index (χ0n) is 7.10. The largest absolute Gasteiger partial charge is 0.506 e. The van der Waals surface area contributed by atoms with Crippen LogP contribution < -0.4 is 5.73 Å². The smallest absolute Gasteiger partial charge is 0.142 e. The van der Waals surface area contributed by atoms with Gasteiger partial charge in [-0.2, -0.15) is 0 Å². The Morgan fingerprint density at radius 3 is 2.43 bits per heavy atom. The van der Waals surface area contributed by atoms with Gasteiger partial charge < -0.3 is 10.8 Å². The second-order valence-corrected chi connectivity index (χ2v) is 6.08. The Bertz CT molecular complexity index is 379. The van der Waals surface area contributed by atoms with Crippen LogP contribution in [0.1, 0.15) is 11.6 Å². The average molecular weight is 527 g/mol. The molecule has 14 heavy (non-hydrogen) atoms. The van der Waals surface area contributed by atoms with E-state index in [0.29, 0.717) is 5.75 Å². The molecular weight excluding hydrogens is 519 g/mol. The first-order valence-electron chi connectivity index (χ1n) is 3.73. The molecule has 0 aliphatic carbocycles. The molecule has 2 nitrogen and oxygen atoms in total. The second kappa shape index (κ2) is 5.30. The van der Waals surface area contributed by atoms with E-state index in [1.165, 1.54) is 0 Å². The molecule has 0 amide bonds. The highest BCUT2D eigenvalue weighted by Crippen LogP contribution is 2.35. The number of benzene rings is 1. The lowest BCUT2D eigenvalue weighted by Crippen LogP contribution is -2.11. The predicted octanol–water partition coefficient (Wildman–Crippen LogP) is 3.39. The van der Waals surface area contributed by atoms with Crippen molar-refractivity contribution in [1.29, 1.82) is 0 Å². The summed E-state index contributed by atoms with van der Waals surface area (Å²) in [5, 5.41) is 9.75. The van der Waals surface area contributed by atoms with Crippen molar-refractivity contribution in [2.45, 2.75) is 6.04 Å². The average Bonchev–Trinajstić information content (AvgIpc) is 2.14. The number of hydrogen-bond acceptors (Lipinski definition) is 2. The van der Waals surface area contributed by atoms with Crippen molar-refractivity contribution in [2.24, 2.45) is 5.73 Å². The number of phenols is 1. The molecule has 0 aromatic heterocycles. The first-order valence-corrected chi connectivity index (χ1v) is 6.97. The normalized spacial score (nSPS) is 12.6. The molecule has 0 saturated carbocycles.